The van der Waals surface area contributed by atoms with Gasteiger partial charge in [0.2, 0.25) is 0 Å². The van der Waals surface area contributed by atoms with Gasteiger partial charge in [-0.1, -0.05) is 24.3 Å². The van der Waals surface area contributed by atoms with Gasteiger partial charge in [0, 0.05) is 0 Å². The molecule has 0 aliphatic carbocycles. The van der Waals surface area contributed by atoms with Crippen molar-refractivity contribution in [3.63, 3.8) is 0 Å². The fraction of sp³-hybridized carbons (Fsp3) is 0.158. The normalized spacial score (nSPS) is 10.7. The molecule has 2 rings (SSSR count). The second-order valence-electron chi connectivity index (χ2n) is 5.39. The number of hydrogen-bond donors (Lipinski definition) is 0. The van der Waals surface area contributed by atoms with Crippen LogP contribution in [0.3, 0.4) is 0 Å². The molecular formula is C19H19NO6S. The number of anilines is 1. The molecule has 0 unspecified atom stereocenters. The summed E-state index contributed by atoms with van der Waals surface area (Å²) in [6, 6.07) is 12.0. The second kappa shape index (κ2) is 8.50. The van der Waals surface area contributed by atoms with Crippen LogP contribution >= 0.6 is 0 Å². The first-order valence-electron chi connectivity index (χ1n) is 7.85. The van der Waals surface area contributed by atoms with E-state index in [1.165, 1.54) is 12.1 Å². The fourth-order valence-corrected chi connectivity index (χ4v) is 3.91. The Morgan fingerprint density at radius 3 is 1.96 bits per heavy atom. The number of methoxy groups -OCH3 is 2. The third-order valence-corrected chi connectivity index (χ3v) is 5.45. The molecule has 0 fully saturated rings. The summed E-state index contributed by atoms with van der Waals surface area (Å²) >= 11 is 0. The first-order valence-corrected chi connectivity index (χ1v) is 9.29. The van der Waals surface area contributed by atoms with E-state index in [2.05, 4.69) is 16.1 Å². The molecule has 0 saturated heterocycles. The van der Waals surface area contributed by atoms with Crippen molar-refractivity contribution in [3.05, 3.63) is 72.3 Å². The zero-order chi connectivity index (χ0) is 20.0. The van der Waals surface area contributed by atoms with Crippen LogP contribution in [0.4, 0.5) is 5.69 Å². The molecule has 7 nitrogen and oxygen atoms in total. The van der Waals surface area contributed by atoms with Crippen molar-refractivity contribution >= 4 is 27.6 Å². The predicted octanol–water partition coefficient (Wildman–Crippen LogP) is 2.64. The third kappa shape index (κ3) is 4.35. The summed E-state index contributed by atoms with van der Waals surface area (Å²) in [4.78, 5) is 23.6. The van der Waals surface area contributed by atoms with E-state index in [-0.39, 0.29) is 22.6 Å². The molecule has 0 amide bonds. The van der Waals surface area contributed by atoms with E-state index in [1.54, 1.807) is 30.3 Å². The maximum absolute atomic E-state index is 13.2. The number of nitrogens with zero attached hydrogens (tertiary/aromatic N) is 1. The zero-order valence-corrected chi connectivity index (χ0v) is 15.7. The van der Waals surface area contributed by atoms with Crippen LogP contribution in [0.2, 0.25) is 0 Å². The molecule has 0 spiro atoms. The van der Waals surface area contributed by atoms with Crippen LogP contribution in [0.15, 0.2) is 66.1 Å². The van der Waals surface area contributed by atoms with E-state index < -0.39 is 22.0 Å². The largest absolute Gasteiger partial charge is 0.465 e. The Labute approximate surface area is 157 Å². The Morgan fingerprint density at radius 2 is 1.52 bits per heavy atom. The number of esters is 2. The van der Waals surface area contributed by atoms with Crippen molar-refractivity contribution < 1.29 is 27.5 Å². The highest BCUT2D eigenvalue weighted by Gasteiger charge is 2.27. The van der Waals surface area contributed by atoms with Gasteiger partial charge < -0.3 is 9.47 Å². The third-order valence-electron chi connectivity index (χ3n) is 3.68. The molecule has 2 aromatic rings. The van der Waals surface area contributed by atoms with E-state index >= 15 is 0 Å². The summed E-state index contributed by atoms with van der Waals surface area (Å²) in [6.45, 7) is 3.60. The van der Waals surface area contributed by atoms with Gasteiger partial charge in [0.05, 0.1) is 42.5 Å². The first-order chi connectivity index (χ1) is 12.8. The summed E-state index contributed by atoms with van der Waals surface area (Å²) < 4.78 is 36.9. The Balaban J connectivity index is 2.66. The number of rotatable bonds is 7. The smallest absolute Gasteiger partial charge is 0.337 e. The lowest BCUT2D eigenvalue weighted by atomic mass is 10.1. The van der Waals surface area contributed by atoms with Crippen LogP contribution in [-0.2, 0) is 19.5 Å². The van der Waals surface area contributed by atoms with Crippen LogP contribution < -0.4 is 4.31 Å². The first kappa shape index (κ1) is 20.2. The van der Waals surface area contributed by atoms with Crippen molar-refractivity contribution in [2.24, 2.45) is 0 Å². The topological polar surface area (TPSA) is 90.0 Å². The monoisotopic (exact) mass is 389 g/mol. The minimum atomic E-state index is -4.10. The summed E-state index contributed by atoms with van der Waals surface area (Å²) in [6.07, 6.45) is 1.44. The molecule has 2 aromatic carbocycles. The highest BCUT2D eigenvalue weighted by atomic mass is 32.2. The van der Waals surface area contributed by atoms with Gasteiger partial charge in [0.25, 0.3) is 10.0 Å². The standard InChI is InChI=1S/C19H19NO6S/c1-4-10-20(16-8-6-5-7-9-16)27(23,24)17-12-14(18(21)25-2)11-15(13-17)19(22)26-3/h4-9,11-13H,1,10H2,2-3H3. The van der Waals surface area contributed by atoms with Crippen molar-refractivity contribution in [2.75, 3.05) is 25.1 Å². The highest BCUT2D eigenvalue weighted by molar-refractivity contribution is 7.92. The quantitative estimate of drug-likeness (QED) is 0.534. The van der Waals surface area contributed by atoms with Crippen LogP contribution in [-0.4, -0.2) is 41.1 Å². The van der Waals surface area contributed by atoms with Gasteiger partial charge in [0.15, 0.2) is 0 Å². The van der Waals surface area contributed by atoms with E-state index in [0.717, 1.165) is 30.7 Å². The highest BCUT2D eigenvalue weighted by Crippen LogP contribution is 2.25. The number of carbonyl (C=O) groups is 2. The molecule has 0 aliphatic heterocycles. The molecule has 0 aliphatic rings. The lowest BCUT2D eigenvalue weighted by Crippen LogP contribution is -2.31. The van der Waals surface area contributed by atoms with Crippen LogP contribution in [0.5, 0.6) is 0 Å². The minimum absolute atomic E-state index is 0.00234. The molecule has 0 heterocycles. The summed E-state index contributed by atoms with van der Waals surface area (Å²) in [5.74, 6) is -1.54. The van der Waals surface area contributed by atoms with Crippen LogP contribution in [0.1, 0.15) is 20.7 Å². The number of sulfonamides is 1. The summed E-state index contributed by atoms with van der Waals surface area (Å²) in [7, 11) is -1.77. The average molecular weight is 389 g/mol. The molecule has 0 saturated carbocycles. The molecular weight excluding hydrogens is 370 g/mol. The predicted molar refractivity (Wildman–Crippen MR) is 100 cm³/mol. The van der Waals surface area contributed by atoms with Crippen molar-refractivity contribution in [1.29, 1.82) is 0 Å². The van der Waals surface area contributed by atoms with Crippen molar-refractivity contribution in [3.8, 4) is 0 Å². The number of ether oxygens (including phenoxy) is 2. The number of hydrogen-bond acceptors (Lipinski definition) is 6. The maximum Gasteiger partial charge on any atom is 0.337 e. The van der Waals surface area contributed by atoms with Crippen LogP contribution in [0.25, 0.3) is 0 Å². The Kier molecular flexibility index (Phi) is 6.36. The van der Waals surface area contributed by atoms with E-state index in [4.69, 9.17) is 0 Å². The SMILES string of the molecule is C=CCN(c1ccccc1)S(=O)(=O)c1cc(C(=O)OC)cc(C(=O)OC)c1. The average Bonchev–Trinajstić information content (AvgIpc) is 2.70. The number of carbonyl (C=O) groups excluding carboxylic acids is 2. The van der Waals surface area contributed by atoms with Gasteiger partial charge in [-0.2, -0.15) is 0 Å². The molecule has 0 bridgehead atoms. The Morgan fingerprint density at radius 1 is 1.00 bits per heavy atom. The molecule has 8 heteroatoms. The second-order valence-corrected chi connectivity index (χ2v) is 7.25. The number of para-hydroxylation sites is 1. The van der Waals surface area contributed by atoms with Crippen molar-refractivity contribution in [2.45, 2.75) is 4.90 Å². The van der Waals surface area contributed by atoms with Gasteiger partial charge >= 0.3 is 11.9 Å². The van der Waals surface area contributed by atoms with Crippen LogP contribution in [0, 0.1) is 0 Å². The van der Waals surface area contributed by atoms with E-state index in [9.17, 15) is 18.0 Å². The van der Waals surface area contributed by atoms with Gasteiger partial charge in [0.1, 0.15) is 0 Å². The van der Waals surface area contributed by atoms with E-state index in [0.29, 0.717) is 5.69 Å². The van der Waals surface area contributed by atoms with Crippen molar-refractivity contribution in [1.82, 2.24) is 0 Å². The lowest BCUT2D eigenvalue weighted by molar-refractivity contribution is 0.0598. The summed E-state index contributed by atoms with van der Waals surface area (Å²) in [5.41, 5.74) is 0.261. The van der Waals surface area contributed by atoms with E-state index in [1.807, 2.05) is 0 Å². The zero-order valence-electron chi connectivity index (χ0n) is 14.9. The van der Waals surface area contributed by atoms with Gasteiger partial charge in [-0.3, -0.25) is 4.31 Å². The molecule has 0 radical (unpaired) electrons. The van der Waals surface area contributed by atoms with Gasteiger partial charge in [-0.15, -0.1) is 6.58 Å². The Bertz CT molecular complexity index is 919. The molecule has 0 atom stereocenters. The molecule has 0 N–H and O–H groups in total. The minimum Gasteiger partial charge on any atom is -0.465 e. The molecule has 27 heavy (non-hydrogen) atoms. The van der Waals surface area contributed by atoms with Gasteiger partial charge in [-0.05, 0) is 30.3 Å². The molecule has 0 aromatic heterocycles. The molecule has 142 valence electrons. The summed E-state index contributed by atoms with van der Waals surface area (Å²) in [5, 5.41) is 0. The lowest BCUT2D eigenvalue weighted by Gasteiger charge is -2.23. The van der Waals surface area contributed by atoms with Gasteiger partial charge in [-0.25, -0.2) is 18.0 Å². The fourth-order valence-electron chi connectivity index (χ4n) is 2.40. The number of benzene rings is 2. The Hall–Kier alpha value is -3.13. The maximum atomic E-state index is 13.2.